The lowest BCUT2D eigenvalue weighted by atomic mass is 10.0. The summed E-state index contributed by atoms with van der Waals surface area (Å²) in [4.78, 5) is 11.0. The van der Waals surface area contributed by atoms with Gasteiger partial charge in [0.25, 0.3) is 0 Å². The molecule has 0 heterocycles. The number of ketones is 1. The van der Waals surface area contributed by atoms with E-state index in [0.29, 0.717) is 0 Å². The summed E-state index contributed by atoms with van der Waals surface area (Å²) in [5.41, 5.74) is 0.910. The lowest BCUT2D eigenvalue weighted by Gasteiger charge is -2.13. The monoisotopic (exact) mass is 194 g/mol. The average Bonchev–Trinajstić information content (AvgIpc) is 2.19. The minimum absolute atomic E-state index is 0.175. The van der Waals surface area contributed by atoms with Gasteiger partial charge in [-0.1, -0.05) is 19.4 Å². The van der Waals surface area contributed by atoms with Crippen molar-refractivity contribution in [2.45, 2.75) is 39.5 Å². The maximum Gasteiger partial charge on any atom is 0.155 e. The van der Waals surface area contributed by atoms with Crippen molar-refractivity contribution in [1.82, 2.24) is 0 Å². The summed E-state index contributed by atoms with van der Waals surface area (Å²) in [6.07, 6.45) is 7.76. The van der Waals surface area contributed by atoms with Gasteiger partial charge >= 0.3 is 0 Å². The molecule has 0 amide bonds. The predicted octanol–water partition coefficient (Wildman–Crippen LogP) is 3.00. The molecule has 0 aromatic carbocycles. The van der Waals surface area contributed by atoms with Crippen LogP contribution in [0.4, 0.5) is 0 Å². The minimum atomic E-state index is 0.175. The smallest absolute Gasteiger partial charge is 0.155 e. The van der Waals surface area contributed by atoms with Crippen LogP contribution in [0.15, 0.2) is 23.5 Å². The molecule has 0 unspecified atom stereocenters. The Hall–Kier alpha value is -1.05. The molecule has 1 aliphatic carbocycles. The molecule has 0 atom stereocenters. The number of allylic oxidation sites excluding steroid dienone is 4. The highest BCUT2D eigenvalue weighted by atomic mass is 16.5. The van der Waals surface area contributed by atoms with Crippen LogP contribution >= 0.6 is 0 Å². The van der Waals surface area contributed by atoms with Crippen LogP contribution in [0.25, 0.3) is 0 Å². The lowest BCUT2D eigenvalue weighted by Crippen LogP contribution is -2.04. The van der Waals surface area contributed by atoms with Crippen molar-refractivity contribution in [3.8, 4) is 0 Å². The van der Waals surface area contributed by atoms with Crippen molar-refractivity contribution in [3.05, 3.63) is 23.5 Å². The van der Waals surface area contributed by atoms with E-state index in [2.05, 4.69) is 6.92 Å². The maximum atomic E-state index is 11.0. The van der Waals surface area contributed by atoms with Crippen molar-refractivity contribution in [1.29, 1.82) is 0 Å². The van der Waals surface area contributed by atoms with Crippen LogP contribution in [0.1, 0.15) is 39.5 Å². The summed E-state index contributed by atoms with van der Waals surface area (Å²) >= 11 is 0. The van der Waals surface area contributed by atoms with E-state index in [-0.39, 0.29) is 5.78 Å². The number of unbranched alkanes of at least 4 members (excludes halogenated alkanes) is 1. The Morgan fingerprint density at radius 1 is 1.43 bits per heavy atom. The summed E-state index contributed by atoms with van der Waals surface area (Å²) in [5, 5.41) is 0. The van der Waals surface area contributed by atoms with Crippen molar-refractivity contribution >= 4 is 5.78 Å². The maximum absolute atomic E-state index is 11.0. The highest BCUT2D eigenvalue weighted by Crippen LogP contribution is 2.19. The highest BCUT2D eigenvalue weighted by molar-refractivity contribution is 5.93. The Kier molecular flexibility index (Phi) is 4.44. The van der Waals surface area contributed by atoms with E-state index in [9.17, 15) is 4.79 Å². The van der Waals surface area contributed by atoms with Gasteiger partial charge in [0.15, 0.2) is 5.78 Å². The summed E-state index contributed by atoms with van der Waals surface area (Å²) in [7, 11) is 0. The molecule has 0 aromatic rings. The van der Waals surface area contributed by atoms with Gasteiger partial charge in [-0.25, -0.2) is 0 Å². The van der Waals surface area contributed by atoms with E-state index >= 15 is 0 Å². The molecule has 14 heavy (non-hydrogen) atoms. The van der Waals surface area contributed by atoms with E-state index in [1.807, 2.05) is 12.2 Å². The van der Waals surface area contributed by atoms with Gasteiger partial charge in [-0.15, -0.1) is 0 Å². The predicted molar refractivity (Wildman–Crippen MR) is 56.9 cm³/mol. The second kappa shape index (κ2) is 5.63. The molecular weight excluding hydrogens is 176 g/mol. The number of carbonyl (C=O) groups is 1. The Bertz CT molecular complexity index is 261. The Morgan fingerprint density at radius 3 is 2.71 bits per heavy atom. The van der Waals surface area contributed by atoms with Crippen LogP contribution in [-0.4, -0.2) is 12.4 Å². The average molecular weight is 194 g/mol. The van der Waals surface area contributed by atoms with Gasteiger partial charge < -0.3 is 4.74 Å². The van der Waals surface area contributed by atoms with Gasteiger partial charge in [-0.05, 0) is 31.4 Å². The minimum Gasteiger partial charge on any atom is -0.498 e. The Labute approximate surface area is 85.6 Å². The Balaban J connectivity index is 2.39. The van der Waals surface area contributed by atoms with Crippen LogP contribution in [0, 0.1) is 0 Å². The standard InChI is InChI=1S/C12H18O2/c1-3-4-9-14-12-7-5-11(6-8-12)10(2)13/h5,7H,3-4,6,8-9H2,1-2H3. The fourth-order valence-corrected chi connectivity index (χ4v) is 1.38. The summed E-state index contributed by atoms with van der Waals surface area (Å²) < 4.78 is 5.56. The van der Waals surface area contributed by atoms with E-state index in [1.54, 1.807) is 6.92 Å². The molecule has 2 heteroatoms. The third kappa shape index (κ3) is 3.36. The van der Waals surface area contributed by atoms with E-state index in [4.69, 9.17) is 4.74 Å². The fraction of sp³-hybridized carbons (Fsp3) is 0.583. The van der Waals surface area contributed by atoms with Crippen molar-refractivity contribution < 1.29 is 9.53 Å². The molecule has 1 rings (SSSR count). The quantitative estimate of drug-likeness (QED) is 0.629. The zero-order valence-electron chi connectivity index (χ0n) is 9.01. The molecule has 0 spiro atoms. The van der Waals surface area contributed by atoms with E-state index < -0.39 is 0 Å². The molecule has 1 aliphatic rings. The van der Waals surface area contributed by atoms with Crippen LogP contribution in [0.3, 0.4) is 0 Å². The molecular formula is C12H18O2. The first-order chi connectivity index (χ1) is 6.74. The second-order valence-electron chi connectivity index (χ2n) is 3.58. The highest BCUT2D eigenvalue weighted by Gasteiger charge is 2.09. The molecule has 0 bridgehead atoms. The molecule has 0 fully saturated rings. The lowest BCUT2D eigenvalue weighted by molar-refractivity contribution is -0.113. The van der Waals surface area contributed by atoms with Gasteiger partial charge in [0.1, 0.15) is 0 Å². The van der Waals surface area contributed by atoms with Crippen LogP contribution in [0.5, 0.6) is 0 Å². The summed E-state index contributed by atoms with van der Waals surface area (Å²) in [6.45, 7) is 4.56. The third-order valence-corrected chi connectivity index (χ3v) is 2.35. The van der Waals surface area contributed by atoms with Crippen LogP contribution < -0.4 is 0 Å². The SMILES string of the molecule is CCCCOC1=CC=C(C(C)=O)CC1. The van der Waals surface area contributed by atoms with Crippen molar-refractivity contribution in [3.63, 3.8) is 0 Å². The Morgan fingerprint density at radius 2 is 2.21 bits per heavy atom. The first kappa shape index (κ1) is 11.0. The number of rotatable bonds is 5. The fourth-order valence-electron chi connectivity index (χ4n) is 1.38. The summed E-state index contributed by atoms with van der Waals surface area (Å²) in [6, 6.07) is 0. The zero-order chi connectivity index (χ0) is 10.4. The molecule has 0 N–H and O–H groups in total. The molecule has 0 saturated heterocycles. The van der Waals surface area contributed by atoms with Gasteiger partial charge in [0.05, 0.1) is 12.4 Å². The number of Topliss-reactive ketones (excluding diaryl/α,β-unsaturated/α-hetero) is 1. The van der Waals surface area contributed by atoms with Gasteiger partial charge in [0.2, 0.25) is 0 Å². The van der Waals surface area contributed by atoms with E-state index in [1.165, 1.54) is 0 Å². The molecule has 78 valence electrons. The van der Waals surface area contributed by atoms with Gasteiger partial charge in [-0.3, -0.25) is 4.79 Å². The number of carbonyl (C=O) groups excluding carboxylic acids is 1. The van der Waals surface area contributed by atoms with Crippen molar-refractivity contribution in [2.24, 2.45) is 0 Å². The molecule has 2 nitrogen and oxygen atoms in total. The van der Waals surface area contributed by atoms with Gasteiger partial charge in [-0.2, -0.15) is 0 Å². The molecule has 0 radical (unpaired) electrons. The normalized spacial score (nSPS) is 15.9. The van der Waals surface area contributed by atoms with Gasteiger partial charge in [0, 0.05) is 6.42 Å². The summed E-state index contributed by atoms with van der Waals surface area (Å²) in [5.74, 6) is 1.19. The third-order valence-electron chi connectivity index (χ3n) is 2.35. The molecule has 0 aromatic heterocycles. The number of ether oxygens (including phenoxy) is 1. The van der Waals surface area contributed by atoms with E-state index in [0.717, 1.165) is 43.6 Å². The van der Waals surface area contributed by atoms with Crippen LogP contribution in [0.2, 0.25) is 0 Å². The first-order valence-electron chi connectivity index (χ1n) is 5.27. The number of hydrogen-bond acceptors (Lipinski definition) is 2. The zero-order valence-corrected chi connectivity index (χ0v) is 9.01. The number of hydrogen-bond donors (Lipinski definition) is 0. The molecule has 0 aliphatic heterocycles. The van der Waals surface area contributed by atoms with Crippen molar-refractivity contribution in [2.75, 3.05) is 6.61 Å². The van der Waals surface area contributed by atoms with Crippen LogP contribution in [-0.2, 0) is 9.53 Å². The molecule has 0 saturated carbocycles. The topological polar surface area (TPSA) is 26.3 Å². The second-order valence-corrected chi connectivity index (χ2v) is 3.58. The first-order valence-corrected chi connectivity index (χ1v) is 5.27. The largest absolute Gasteiger partial charge is 0.498 e.